The summed E-state index contributed by atoms with van der Waals surface area (Å²) >= 11 is 16.3. The van der Waals surface area contributed by atoms with Crippen LogP contribution in [0.2, 0.25) is 10.0 Å². The molecule has 2 aliphatic carbocycles. The number of methoxy groups -OCH3 is 2. The molecular formula is C75H91Cl2N8O18S3-. The van der Waals surface area contributed by atoms with Crippen LogP contribution in [-0.2, 0) is 48.2 Å². The molecule has 2 saturated heterocycles. The number of hydrogen-bond donors (Lipinski definition) is 3. The normalized spacial score (nSPS) is 20.9. The fourth-order valence-corrected chi connectivity index (χ4v) is 14.4. The van der Waals surface area contributed by atoms with Crippen LogP contribution in [0, 0.1) is 18.8 Å². The zero-order chi connectivity index (χ0) is 78.3. The standard InChI is InChI=1S/C34H41ClN4O7S.C26H30ClN3O6S.C8H13NO2.C7H8O3S/c1-9-19-15-34(19,31(41)44-10-2)38-29(40)24-13-20(16-39(24)32(42)46-33(5,6)7)45-26-14-22(30-37-23(17-47-30)18(3)4)36-28-21(26)11-12-25(43-8)27(28)35;1-13(2)17-12-37-23(29-17)16-10-20(15-7-8-19(34-6)21(27)22(15)28-16)35-14-9-18(24(31)32)30(11-14)25(33)36-26(3,4)5;1-3-6-5-8(6,9)7(10)11-4-2;1-6-2-4-7(5-3-6)11(8,9)10/h9,11-12,14,17-20,24H,1,10,13,15-16H2,2-8H3,(H,38,40);7-8,10,12-14,18H,9,11H2,1-6H3,(H,31,32);3,6H,1,4-5,9H2,2H3;2-5H,1H3,(H,8,9,10)/p-1/t19-,20-,24+,34-;14-,18+;6-,8-;/m111./s1. The number of ether oxygens (including phenoxy) is 8. The van der Waals surface area contributed by atoms with E-state index in [2.05, 4.69) is 46.2 Å². The van der Waals surface area contributed by atoms with Gasteiger partial charge in [0, 0.05) is 58.3 Å². The number of nitrogens with two attached hydrogens (primary N) is 1. The number of carboxylic acid groups (broad SMARTS) is 1. The number of thiazole rings is 2. The summed E-state index contributed by atoms with van der Waals surface area (Å²) < 4.78 is 76.1. The number of rotatable bonds is 20. The lowest BCUT2D eigenvalue weighted by molar-refractivity contribution is -0.149. The number of aryl methyl sites for hydroxylation is 1. The van der Waals surface area contributed by atoms with Crippen LogP contribution in [-0.4, -0.2) is 171 Å². The van der Waals surface area contributed by atoms with E-state index in [1.54, 1.807) is 110 Å². The number of nitrogens with one attached hydrogen (secondary N) is 1. The summed E-state index contributed by atoms with van der Waals surface area (Å²) in [6.07, 6.45) is 2.06. The van der Waals surface area contributed by atoms with Gasteiger partial charge < -0.3 is 58.6 Å². The minimum Gasteiger partial charge on any atom is -0.744 e. The summed E-state index contributed by atoms with van der Waals surface area (Å²) in [5.41, 5.74) is 7.07. The quantitative estimate of drug-likeness (QED) is 0.0276. The van der Waals surface area contributed by atoms with E-state index in [9.17, 15) is 46.8 Å². The molecule has 26 nitrogen and oxygen atoms in total. The summed E-state index contributed by atoms with van der Waals surface area (Å²) in [7, 11) is -1.21. The Bertz CT molecular complexity index is 4540. The van der Waals surface area contributed by atoms with Crippen molar-refractivity contribution in [3.63, 3.8) is 0 Å². The predicted molar refractivity (Wildman–Crippen MR) is 403 cm³/mol. The number of nitrogens with zero attached hydrogens (tertiary/aromatic N) is 6. The van der Waals surface area contributed by atoms with Crippen LogP contribution in [0.3, 0.4) is 0 Å². The molecule has 2 saturated carbocycles. The number of hydrogen-bond acceptors (Lipinski definition) is 24. The van der Waals surface area contributed by atoms with Crippen molar-refractivity contribution < 1.29 is 84.7 Å². The minimum atomic E-state index is -4.27. The van der Waals surface area contributed by atoms with Crippen LogP contribution in [0.1, 0.15) is 138 Å². The topological polar surface area (TPSA) is 350 Å². The number of pyridine rings is 2. The smallest absolute Gasteiger partial charge is 0.411 e. The number of halogens is 2. The molecule has 7 aromatic rings. The molecule has 4 aliphatic rings. The van der Waals surface area contributed by atoms with Crippen LogP contribution in [0.25, 0.3) is 43.2 Å². The van der Waals surface area contributed by atoms with E-state index >= 15 is 0 Å². The monoisotopic (exact) mass is 1560 g/mol. The lowest BCUT2D eigenvalue weighted by Crippen LogP contribution is -2.53. The van der Waals surface area contributed by atoms with Gasteiger partial charge in [-0.15, -0.1) is 35.8 Å². The van der Waals surface area contributed by atoms with E-state index in [1.807, 2.05) is 23.8 Å². The molecule has 0 unspecified atom stereocenters. The molecule has 31 heteroatoms. The molecule has 8 atom stereocenters. The van der Waals surface area contributed by atoms with Gasteiger partial charge in [0.2, 0.25) is 5.91 Å². The Kier molecular flexibility index (Phi) is 26.6. The zero-order valence-electron chi connectivity index (χ0n) is 61.9. The lowest BCUT2D eigenvalue weighted by atomic mass is 10.1. The number of carbonyl (C=O) groups is 6. The summed E-state index contributed by atoms with van der Waals surface area (Å²) in [5.74, 6) is -0.270. The molecule has 11 rings (SSSR count). The highest BCUT2D eigenvalue weighted by Crippen LogP contribution is 2.47. The van der Waals surface area contributed by atoms with E-state index < -0.39 is 86.7 Å². The Balaban J connectivity index is 0.000000210. The van der Waals surface area contributed by atoms with Crippen molar-refractivity contribution in [3.8, 4) is 44.4 Å². The number of amides is 3. The number of fused-ring (bicyclic) bond motifs is 2. The predicted octanol–water partition coefficient (Wildman–Crippen LogP) is 13.9. The lowest BCUT2D eigenvalue weighted by Gasteiger charge is -2.28. The molecule has 6 heterocycles. The minimum absolute atomic E-state index is 0.0576. The van der Waals surface area contributed by atoms with E-state index in [-0.39, 0.29) is 67.1 Å². The third-order valence-electron chi connectivity index (χ3n) is 17.3. The fraction of sp³-hybridized carbons (Fsp3) is 0.467. The zero-order valence-corrected chi connectivity index (χ0v) is 65.9. The van der Waals surface area contributed by atoms with Gasteiger partial charge >= 0.3 is 30.1 Å². The van der Waals surface area contributed by atoms with Gasteiger partial charge in [0.05, 0.1) is 67.8 Å². The van der Waals surface area contributed by atoms with Gasteiger partial charge in [0.25, 0.3) is 0 Å². The van der Waals surface area contributed by atoms with Crippen LogP contribution in [0.15, 0.2) is 102 Å². The maximum absolute atomic E-state index is 13.9. The van der Waals surface area contributed by atoms with E-state index in [4.69, 9.17) is 86.8 Å². The Morgan fingerprint density at radius 2 is 1.11 bits per heavy atom. The van der Waals surface area contributed by atoms with Crippen LogP contribution < -0.4 is 30.0 Å². The number of likely N-dealkylation sites (tertiary alicyclic amines) is 2. The number of carbonyl (C=O) groups excluding carboxylic acids is 5. The molecule has 0 radical (unpaired) electrons. The average Bonchev–Trinajstić information content (AvgIpc) is 1.55. The number of benzene rings is 3. The maximum atomic E-state index is 13.9. The van der Waals surface area contributed by atoms with E-state index in [0.717, 1.165) is 17.0 Å². The highest BCUT2D eigenvalue weighted by Gasteiger charge is 2.62. The first-order valence-electron chi connectivity index (χ1n) is 34.3. The van der Waals surface area contributed by atoms with E-state index in [1.165, 1.54) is 58.8 Å². The van der Waals surface area contributed by atoms with Gasteiger partial charge in [-0.3, -0.25) is 19.4 Å². The number of carboxylic acids is 1. The summed E-state index contributed by atoms with van der Waals surface area (Å²) in [6.45, 7) is 32.1. The molecule has 2 aliphatic heterocycles. The Morgan fingerprint density at radius 3 is 1.48 bits per heavy atom. The van der Waals surface area contributed by atoms with Gasteiger partial charge in [0.1, 0.15) is 111 Å². The van der Waals surface area contributed by atoms with Gasteiger partial charge in [-0.2, -0.15) is 0 Å². The van der Waals surface area contributed by atoms with Gasteiger partial charge in [0.15, 0.2) is 0 Å². The highest BCUT2D eigenvalue weighted by atomic mass is 35.5. The second kappa shape index (κ2) is 34.0. The SMILES string of the molecule is C=C[C@@H]1C[C@]1(N)C(=O)OCC.C=C[C@@H]1C[C@]1(NC(=O)[C@@H]1C[C@@H](Oc2cc(-c3nc(C(C)C)cs3)nc3c(Cl)c(OC)ccc23)CN1C(=O)OC(C)(C)C)C(=O)OCC.COc1ccc2c(O[C@@H]3C[C@@H](C(=O)O)N(C(=O)OC(C)(C)C)C3)cc(-c3nc(C(C)C)cs3)nc2c1Cl.Cc1ccc(S(=O)(=O)[O-])cc1. The third-order valence-corrected chi connectivity index (χ3v) is 20.7. The van der Waals surface area contributed by atoms with Gasteiger partial charge in [-0.1, -0.05) is 80.7 Å². The summed E-state index contributed by atoms with van der Waals surface area (Å²) in [6, 6.07) is 14.4. The maximum Gasteiger partial charge on any atom is 0.411 e. The second-order valence-electron chi connectivity index (χ2n) is 28.3. The first-order valence-corrected chi connectivity index (χ1v) is 38.2. The van der Waals surface area contributed by atoms with Gasteiger partial charge in [-0.05, 0) is 123 Å². The van der Waals surface area contributed by atoms with Gasteiger partial charge in [-0.25, -0.2) is 47.5 Å². The molecule has 0 bridgehead atoms. The van der Waals surface area contributed by atoms with E-state index in [0.29, 0.717) is 95.7 Å². The first-order chi connectivity index (χ1) is 49.7. The van der Waals surface area contributed by atoms with Crippen molar-refractivity contribution in [1.29, 1.82) is 0 Å². The Hall–Kier alpha value is -8.71. The highest BCUT2D eigenvalue weighted by molar-refractivity contribution is 7.85. The molecule has 3 amide bonds. The fourth-order valence-electron chi connectivity index (χ4n) is 11.5. The van der Waals surface area contributed by atoms with Crippen LogP contribution >= 0.6 is 45.9 Å². The third kappa shape index (κ3) is 19.9. The van der Waals surface area contributed by atoms with Crippen molar-refractivity contribution in [3.05, 3.63) is 124 Å². The number of aliphatic carboxylic acids is 1. The summed E-state index contributed by atoms with van der Waals surface area (Å²) in [4.78, 5) is 97.5. The molecule has 3 aromatic carbocycles. The summed E-state index contributed by atoms with van der Waals surface area (Å²) in [5, 5.41) is 20.0. The molecule has 572 valence electrons. The molecule has 4 N–H and O–H groups in total. The molecule has 4 fully saturated rings. The Morgan fingerprint density at radius 1 is 0.679 bits per heavy atom. The molecule has 4 aromatic heterocycles. The number of aromatic nitrogens is 4. The number of esters is 2. The molecule has 0 spiro atoms. The second-order valence-corrected chi connectivity index (χ2v) is 32.2. The average molecular weight is 1560 g/mol. The van der Waals surface area contributed by atoms with Crippen molar-refractivity contribution >= 4 is 114 Å². The Labute approximate surface area is 635 Å². The molecule has 106 heavy (non-hydrogen) atoms. The van der Waals surface area contributed by atoms with Crippen molar-refractivity contribution in [1.82, 2.24) is 35.1 Å². The molecular weight excluding hydrogens is 1470 g/mol. The van der Waals surface area contributed by atoms with Crippen molar-refractivity contribution in [2.24, 2.45) is 17.6 Å². The van der Waals surface area contributed by atoms with Crippen LogP contribution in [0.5, 0.6) is 23.0 Å². The van der Waals surface area contributed by atoms with Crippen LogP contribution in [0.4, 0.5) is 9.59 Å². The van der Waals surface area contributed by atoms with Crippen molar-refractivity contribution in [2.45, 2.75) is 179 Å². The largest absolute Gasteiger partial charge is 0.744 e. The van der Waals surface area contributed by atoms with Crippen molar-refractivity contribution in [2.75, 3.05) is 40.5 Å². The first kappa shape index (κ1) is 82.9.